The molecule has 0 saturated heterocycles. The molecule has 6 nitrogen and oxygen atoms in total. The van der Waals surface area contributed by atoms with Crippen LogP contribution in [0.4, 0.5) is 0 Å². The van der Waals surface area contributed by atoms with Gasteiger partial charge in [-0.3, -0.25) is 14.4 Å². The SMILES string of the molecule is CC/C=C\C/C=C\C/C=C\C/C=C\C/C=C\CCCCCC(=O)OCC(COC(=O)CCCCCCC/C=C\CCCCCCCC)OC(=O)CCCCCCCCC/C=C\CCCCCCCC. The Balaban J connectivity index is 4.46. The first-order valence-electron chi connectivity index (χ1n) is 29.1. The number of carbonyl (C=O) groups is 3. The third kappa shape index (κ3) is 55.4. The summed E-state index contributed by atoms with van der Waals surface area (Å²) in [6.07, 6.45) is 74.3. The van der Waals surface area contributed by atoms with E-state index in [1.807, 2.05) is 0 Å². The summed E-state index contributed by atoms with van der Waals surface area (Å²) in [5, 5.41) is 0. The van der Waals surface area contributed by atoms with E-state index < -0.39 is 6.10 Å². The zero-order chi connectivity index (χ0) is 50.0. The van der Waals surface area contributed by atoms with E-state index in [0.717, 1.165) is 103 Å². The number of hydrogen-bond donors (Lipinski definition) is 0. The molecule has 0 radical (unpaired) electrons. The number of ether oxygens (including phenoxy) is 3. The molecule has 0 amide bonds. The quantitative estimate of drug-likeness (QED) is 0.0262. The largest absolute Gasteiger partial charge is 0.462 e. The summed E-state index contributed by atoms with van der Waals surface area (Å²) < 4.78 is 16.8. The molecule has 69 heavy (non-hydrogen) atoms. The first kappa shape index (κ1) is 65.6. The van der Waals surface area contributed by atoms with Gasteiger partial charge in [0.25, 0.3) is 0 Å². The van der Waals surface area contributed by atoms with Crippen molar-refractivity contribution in [2.24, 2.45) is 0 Å². The second-order valence-electron chi connectivity index (χ2n) is 19.2. The van der Waals surface area contributed by atoms with Crippen molar-refractivity contribution >= 4 is 17.9 Å². The van der Waals surface area contributed by atoms with Crippen molar-refractivity contribution in [1.29, 1.82) is 0 Å². The van der Waals surface area contributed by atoms with Crippen LogP contribution in [0.3, 0.4) is 0 Å². The smallest absolute Gasteiger partial charge is 0.306 e. The molecule has 0 N–H and O–H groups in total. The van der Waals surface area contributed by atoms with E-state index in [4.69, 9.17) is 14.2 Å². The van der Waals surface area contributed by atoms with Crippen LogP contribution in [0.25, 0.3) is 0 Å². The van der Waals surface area contributed by atoms with Crippen molar-refractivity contribution < 1.29 is 28.6 Å². The summed E-state index contributed by atoms with van der Waals surface area (Å²) in [7, 11) is 0. The number of rotatable bonds is 52. The van der Waals surface area contributed by atoms with Crippen molar-refractivity contribution in [1.82, 2.24) is 0 Å². The van der Waals surface area contributed by atoms with Gasteiger partial charge in [-0.2, -0.15) is 0 Å². The first-order chi connectivity index (χ1) is 34.0. The summed E-state index contributed by atoms with van der Waals surface area (Å²) in [6.45, 7) is 6.49. The zero-order valence-corrected chi connectivity index (χ0v) is 45.3. The predicted octanol–water partition coefficient (Wildman–Crippen LogP) is 19.5. The molecule has 0 saturated carbocycles. The van der Waals surface area contributed by atoms with Crippen LogP contribution in [0.2, 0.25) is 0 Å². The second-order valence-corrected chi connectivity index (χ2v) is 19.2. The van der Waals surface area contributed by atoms with Crippen LogP contribution in [0, 0.1) is 0 Å². The molecule has 0 fully saturated rings. The summed E-state index contributed by atoms with van der Waals surface area (Å²) in [5.74, 6) is -0.932. The molecule has 0 aromatic carbocycles. The molecule has 1 unspecified atom stereocenters. The van der Waals surface area contributed by atoms with Crippen LogP contribution >= 0.6 is 0 Å². The fourth-order valence-electron chi connectivity index (χ4n) is 7.99. The lowest BCUT2D eigenvalue weighted by molar-refractivity contribution is -0.167. The molecule has 0 spiro atoms. The van der Waals surface area contributed by atoms with Gasteiger partial charge >= 0.3 is 17.9 Å². The van der Waals surface area contributed by atoms with E-state index in [1.54, 1.807) is 0 Å². The number of esters is 3. The van der Waals surface area contributed by atoms with Crippen LogP contribution in [0.1, 0.15) is 278 Å². The molecule has 0 rings (SSSR count). The van der Waals surface area contributed by atoms with E-state index in [9.17, 15) is 14.4 Å². The molecule has 0 aromatic rings. The molecule has 1 atom stereocenters. The summed E-state index contributed by atoms with van der Waals surface area (Å²) >= 11 is 0. The molecule has 396 valence electrons. The van der Waals surface area contributed by atoms with Crippen LogP contribution in [0.5, 0.6) is 0 Å². The second kappa shape index (κ2) is 57.2. The number of hydrogen-bond acceptors (Lipinski definition) is 6. The minimum Gasteiger partial charge on any atom is -0.462 e. The van der Waals surface area contributed by atoms with Crippen molar-refractivity contribution in [2.45, 2.75) is 284 Å². The number of unbranched alkanes of at least 4 members (excludes halogenated alkanes) is 27. The topological polar surface area (TPSA) is 78.9 Å². The standard InChI is InChI=1S/C63H108O6/c1-4-7-10-13-16-19-22-25-28-30-31-33-35-38-41-44-47-50-53-56-62(65)68-59-60(58-67-61(64)55-52-49-46-43-40-37-34-27-24-21-18-15-12-9-6-3)69-63(66)57-54-51-48-45-42-39-36-32-29-26-23-20-17-14-11-8-5-2/h7,10,16,19,25-29,31,33-34,38,41,60H,4-6,8-9,11-15,17-18,20-24,30,32,35-37,39-40,42-59H2,1-3H3/b10-7-,19-16-,28-25-,29-26-,33-31-,34-27-,41-38-. The molecule has 0 aromatic heterocycles. The Labute approximate surface area is 426 Å². The van der Waals surface area contributed by atoms with Crippen LogP contribution in [0.15, 0.2) is 85.1 Å². The molecule has 0 aliphatic heterocycles. The van der Waals surface area contributed by atoms with Crippen LogP contribution < -0.4 is 0 Å². The molecular formula is C63H108O6. The van der Waals surface area contributed by atoms with Gasteiger partial charge in [-0.05, 0) is 116 Å². The van der Waals surface area contributed by atoms with E-state index in [0.29, 0.717) is 19.3 Å². The lowest BCUT2D eigenvalue weighted by Gasteiger charge is -2.18. The van der Waals surface area contributed by atoms with E-state index >= 15 is 0 Å². The zero-order valence-electron chi connectivity index (χ0n) is 45.3. The third-order valence-electron chi connectivity index (χ3n) is 12.4. The van der Waals surface area contributed by atoms with Crippen molar-refractivity contribution in [3.05, 3.63) is 85.1 Å². The van der Waals surface area contributed by atoms with E-state index in [-0.39, 0.29) is 31.1 Å². The van der Waals surface area contributed by atoms with Gasteiger partial charge in [0, 0.05) is 19.3 Å². The maximum Gasteiger partial charge on any atom is 0.306 e. The highest BCUT2D eigenvalue weighted by Gasteiger charge is 2.19. The summed E-state index contributed by atoms with van der Waals surface area (Å²) in [4.78, 5) is 38.2. The third-order valence-corrected chi connectivity index (χ3v) is 12.4. The monoisotopic (exact) mass is 961 g/mol. The number of carbonyl (C=O) groups excluding carboxylic acids is 3. The molecule has 0 aliphatic rings. The minimum atomic E-state index is -0.797. The van der Waals surface area contributed by atoms with Crippen molar-refractivity contribution in [3.63, 3.8) is 0 Å². The highest BCUT2D eigenvalue weighted by molar-refractivity contribution is 5.71. The van der Waals surface area contributed by atoms with E-state index in [2.05, 4.69) is 106 Å². The number of allylic oxidation sites excluding steroid dienone is 14. The lowest BCUT2D eigenvalue weighted by Crippen LogP contribution is -2.30. The Kier molecular flexibility index (Phi) is 54.3. The van der Waals surface area contributed by atoms with Crippen molar-refractivity contribution in [3.8, 4) is 0 Å². The molecular weight excluding hydrogens is 853 g/mol. The Hall–Kier alpha value is -3.41. The normalized spacial score (nSPS) is 12.7. The summed E-state index contributed by atoms with van der Waals surface area (Å²) in [6, 6.07) is 0. The Morgan fingerprint density at radius 3 is 0.913 bits per heavy atom. The van der Waals surface area contributed by atoms with Gasteiger partial charge < -0.3 is 14.2 Å². The maximum absolute atomic E-state index is 12.9. The average molecular weight is 962 g/mol. The highest BCUT2D eigenvalue weighted by atomic mass is 16.6. The average Bonchev–Trinajstić information content (AvgIpc) is 3.35. The first-order valence-corrected chi connectivity index (χ1v) is 29.1. The fraction of sp³-hybridized carbons (Fsp3) is 0.730. The van der Waals surface area contributed by atoms with Gasteiger partial charge in [0.1, 0.15) is 13.2 Å². The van der Waals surface area contributed by atoms with E-state index in [1.165, 1.54) is 135 Å². The fourth-order valence-corrected chi connectivity index (χ4v) is 7.99. The highest BCUT2D eigenvalue weighted by Crippen LogP contribution is 2.14. The van der Waals surface area contributed by atoms with Gasteiger partial charge in [0.2, 0.25) is 0 Å². The van der Waals surface area contributed by atoms with Crippen LogP contribution in [-0.4, -0.2) is 37.2 Å². The maximum atomic E-state index is 12.9. The van der Waals surface area contributed by atoms with Crippen molar-refractivity contribution in [2.75, 3.05) is 13.2 Å². The summed E-state index contributed by atoms with van der Waals surface area (Å²) in [5.41, 5.74) is 0. The van der Waals surface area contributed by atoms with Gasteiger partial charge in [-0.25, -0.2) is 0 Å². The molecule has 0 heterocycles. The van der Waals surface area contributed by atoms with Gasteiger partial charge in [-0.15, -0.1) is 0 Å². The van der Waals surface area contributed by atoms with Gasteiger partial charge in [-0.1, -0.05) is 228 Å². The van der Waals surface area contributed by atoms with Gasteiger partial charge in [0.05, 0.1) is 0 Å². The Morgan fingerprint density at radius 1 is 0.304 bits per heavy atom. The Bertz CT molecular complexity index is 1330. The van der Waals surface area contributed by atoms with Gasteiger partial charge in [0.15, 0.2) is 6.10 Å². The molecule has 0 aliphatic carbocycles. The Morgan fingerprint density at radius 2 is 0.565 bits per heavy atom. The molecule has 0 bridgehead atoms. The van der Waals surface area contributed by atoms with Crippen LogP contribution in [-0.2, 0) is 28.6 Å². The predicted molar refractivity (Wildman–Crippen MR) is 297 cm³/mol. The minimum absolute atomic E-state index is 0.0928. The molecule has 6 heteroatoms. The lowest BCUT2D eigenvalue weighted by atomic mass is 10.1.